The average Bonchev–Trinajstić information content (AvgIpc) is 2.85. The van der Waals surface area contributed by atoms with Crippen LogP contribution in [0.1, 0.15) is 65.2 Å². The summed E-state index contributed by atoms with van der Waals surface area (Å²) in [6.07, 6.45) is 3.13. The van der Waals surface area contributed by atoms with Gasteiger partial charge in [-0.2, -0.15) is 0 Å². The van der Waals surface area contributed by atoms with Gasteiger partial charge in [0, 0.05) is 17.4 Å². The van der Waals surface area contributed by atoms with Gasteiger partial charge >= 0.3 is 35.8 Å². The zero-order valence-corrected chi connectivity index (χ0v) is 22.6. The van der Waals surface area contributed by atoms with Crippen LogP contribution >= 0.6 is 0 Å². The summed E-state index contributed by atoms with van der Waals surface area (Å²) < 4.78 is 11.2. The number of rotatable bonds is 13. The second-order valence-electron chi connectivity index (χ2n) is 10.8. The monoisotopic (exact) mass is 564 g/mol. The highest BCUT2D eigenvalue weighted by Crippen LogP contribution is 2.62. The molecule has 2 aliphatic carbocycles. The van der Waals surface area contributed by atoms with Gasteiger partial charge in [0.05, 0.1) is 31.3 Å². The first-order valence-electron chi connectivity index (χ1n) is 12.9. The van der Waals surface area contributed by atoms with Crippen LogP contribution in [0.25, 0.3) is 0 Å². The number of carbonyl (C=O) groups excluding carboxylic acids is 2. The van der Waals surface area contributed by atoms with Crippen LogP contribution in [-0.2, 0) is 38.2 Å². The van der Waals surface area contributed by atoms with E-state index in [1.54, 1.807) is 13.0 Å². The molecule has 2 saturated carbocycles. The maximum Gasteiger partial charge on any atom is 0.335 e. The van der Waals surface area contributed by atoms with Gasteiger partial charge < -0.3 is 29.9 Å². The Labute approximate surface area is 231 Å². The molecule has 40 heavy (non-hydrogen) atoms. The molecule has 12 nitrogen and oxygen atoms in total. The van der Waals surface area contributed by atoms with Crippen molar-refractivity contribution in [1.82, 2.24) is 0 Å². The summed E-state index contributed by atoms with van der Waals surface area (Å²) in [5.41, 5.74) is -1.13. The molecule has 5 unspecified atom stereocenters. The maximum atomic E-state index is 12.5. The van der Waals surface area contributed by atoms with E-state index in [2.05, 4.69) is 6.58 Å². The molecule has 0 radical (unpaired) electrons. The van der Waals surface area contributed by atoms with Crippen LogP contribution in [0.4, 0.5) is 0 Å². The Hall–Kier alpha value is -3.96. The quantitative estimate of drug-likeness (QED) is 0.110. The standard InChI is InChI=1S/C28H36O12/c1-16-4-7-19-27(2,18(16)6-5-17(26(37)38)14-23(33)34)13-12-20(40-25(36)11-9-22(31)32)28(19,3)15-39-24(35)10-8-21(29)30/h5-6,14,18-20H,1,4,7-13,15H2,2-3H3,(H,29,30)(H,31,32)(H,33,34)(H,37,38)/b6-5+,17-14-. The van der Waals surface area contributed by atoms with Crippen LogP contribution < -0.4 is 0 Å². The third kappa shape index (κ3) is 8.03. The molecule has 0 spiro atoms. The van der Waals surface area contributed by atoms with Gasteiger partial charge in [-0.25, -0.2) is 9.59 Å². The summed E-state index contributed by atoms with van der Waals surface area (Å²) in [6, 6.07) is 0. The molecule has 0 amide bonds. The summed E-state index contributed by atoms with van der Waals surface area (Å²) in [5, 5.41) is 36.3. The van der Waals surface area contributed by atoms with Crippen LogP contribution in [0.5, 0.6) is 0 Å². The molecule has 220 valence electrons. The highest BCUT2D eigenvalue weighted by Gasteiger charge is 2.59. The molecule has 2 aliphatic rings. The molecule has 0 saturated heterocycles. The lowest BCUT2D eigenvalue weighted by atomic mass is 9.46. The number of allylic oxidation sites excluding steroid dienone is 2. The predicted octanol–water partition coefficient (Wildman–Crippen LogP) is 3.21. The van der Waals surface area contributed by atoms with E-state index in [0.29, 0.717) is 31.8 Å². The van der Waals surface area contributed by atoms with Gasteiger partial charge in [0.2, 0.25) is 0 Å². The van der Waals surface area contributed by atoms with Crippen molar-refractivity contribution in [2.45, 2.75) is 71.3 Å². The number of fused-ring (bicyclic) bond motifs is 1. The highest BCUT2D eigenvalue weighted by molar-refractivity contribution is 5.97. The molecule has 2 fully saturated rings. The van der Waals surface area contributed by atoms with E-state index < -0.39 is 71.2 Å². The molecule has 2 rings (SSSR count). The largest absolute Gasteiger partial charge is 0.481 e. The van der Waals surface area contributed by atoms with Crippen molar-refractivity contribution in [3.8, 4) is 0 Å². The minimum absolute atomic E-state index is 0.190. The van der Waals surface area contributed by atoms with Crippen molar-refractivity contribution in [1.29, 1.82) is 0 Å². The number of hydrogen-bond donors (Lipinski definition) is 4. The first-order valence-corrected chi connectivity index (χ1v) is 12.9. The minimum Gasteiger partial charge on any atom is -0.481 e. The van der Waals surface area contributed by atoms with Crippen LogP contribution in [0, 0.1) is 22.7 Å². The molecule has 0 aromatic heterocycles. The number of aliphatic carboxylic acids is 4. The Morgan fingerprint density at radius 3 is 2.08 bits per heavy atom. The highest BCUT2D eigenvalue weighted by atomic mass is 16.6. The molecule has 0 bridgehead atoms. The van der Waals surface area contributed by atoms with E-state index in [4.69, 9.17) is 24.8 Å². The Bertz CT molecular complexity index is 1120. The summed E-state index contributed by atoms with van der Waals surface area (Å²) in [6.45, 7) is 7.76. The average molecular weight is 565 g/mol. The number of carboxylic acids is 4. The third-order valence-corrected chi connectivity index (χ3v) is 8.08. The van der Waals surface area contributed by atoms with Crippen molar-refractivity contribution in [3.05, 3.63) is 36.0 Å². The Kier molecular flexibility index (Phi) is 10.8. The smallest absolute Gasteiger partial charge is 0.335 e. The van der Waals surface area contributed by atoms with Gasteiger partial charge in [-0.1, -0.05) is 38.2 Å². The number of carbonyl (C=O) groups is 6. The number of esters is 2. The fourth-order valence-electron chi connectivity index (χ4n) is 6.11. The molecule has 0 aliphatic heterocycles. The van der Waals surface area contributed by atoms with Gasteiger partial charge in [0.15, 0.2) is 0 Å². The van der Waals surface area contributed by atoms with E-state index in [1.807, 2.05) is 6.92 Å². The zero-order chi connectivity index (χ0) is 30.3. The lowest BCUT2D eigenvalue weighted by Gasteiger charge is -2.59. The van der Waals surface area contributed by atoms with Crippen LogP contribution in [0.15, 0.2) is 36.0 Å². The van der Waals surface area contributed by atoms with E-state index in [9.17, 15) is 33.9 Å². The van der Waals surface area contributed by atoms with E-state index in [0.717, 1.165) is 5.57 Å². The minimum atomic E-state index is -1.41. The van der Waals surface area contributed by atoms with E-state index in [-0.39, 0.29) is 31.3 Å². The van der Waals surface area contributed by atoms with Crippen molar-refractivity contribution >= 4 is 35.8 Å². The summed E-state index contributed by atoms with van der Waals surface area (Å²) in [4.78, 5) is 69.3. The van der Waals surface area contributed by atoms with Crippen LogP contribution in [0.3, 0.4) is 0 Å². The molecule has 0 aromatic rings. The van der Waals surface area contributed by atoms with Gasteiger partial charge in [-0.05, 0) is 37.0 Å². The topological polar surface area (TPSA) is 202 Å². The van der Waals surface area contributed by atoms with Gasteiger partial charge in [0.25, 0.3) is 0 Å². The normalized spacial score (nSPS) is 28.4. The fraction of sp³-hybridized carbons (Fsp3) is 0.571. The Morgan fingerprint density at radius 1 is 0.925 bits per heavy atom. The van der Waals surface area contributed by atoms with Crippen molar-refractivity contribution in [2.24, 2.45) is 22.7 Å². The number of hydrogen-bond acceptors (Lipinski definition) is 8. The third-order valence-electron chi connectivity index (χ3n) is 8.08. The maximum absolute atomic E-state index is 12.5. The first kappa shape index (κ1) is 32.3. The van der Waals surface area contributed by atoms with Crippen molar-refractivity contribution in [2.75, 3.05) is 6.61 Å². The lowest BCUT2D eigenvalue weighted by Crippen LogP contribution is -2.58. The van der Waals surface area contributed by atoms with Gasteiger partial charge in [-0.15, -0.1) is 0 Å². The van der Waals surface area contributed by atoms with Crippen molar-refractivity contribution < 1.29 is 58.7 Å². The number of ether oxygens (including phenoxy) is 2. The molecule has 12 heteroatoms. The van der Waals surface area contributed by atoms with E-state index in [1.165, 1.54) is 6.08 Å². The Morgan fingerprint density at radius 2 is 1.52 bits per heavy atom. The molecule has 5 atom stereocenters. The van der Waals surface area contributed by atoms with Crippen LogP contribution in [0.2, 0.25) is 0 Å². The first-order chi connectivity index (χ1) is 18.6. The Balaban J connectivity index is 2.43. The number of carboxylic acid groups (broad SMARTS) is 4. The molecular weight excluding hydrogens is 528 g/mol. The molecule has 0 heterocycles. The molecule has 0 aromatic carbocycles. The van der Waals surface area contributed by atoms with Gasteiger partial charge in [0.1, 0.15) is 12.7 Å². The second-order valence-corrected chi connectivity index (χ2v) is 10.8. The van der Waals surface area contributed by atoms with Crippen molar-refractivity contribution in [3.63, 3.8) is 0 Å². The summed E-state index contributed by atoms with van der Waals surface area (Å²) >= 11 is 0. The summed E-state index contributed by atoms with van der Waals surface area (Å²) in [7, 11) is 0. The van der Waals surface area contributed by atoms with Gasteiger partial charge in [-0.3, -0.25) is 19.2 Å². The second kappa shape index (κ2) is 13.4. The zero-order valence-electron chi connectivity index (χ0n) is 22.6. The van der Waals surface area contributed by atoms with E-state index >= 15 is 0 Å². The van der Waals surface area contributed by atoms with Crippen LogP contribution in [-0.4, -0.2) is 69.0 Å². The predicted molar refractivity (Wildman–Crippen MR) is 138 cm³/mol. The fourth-order valence-corrected chi connectivity index (χ4v) is 6.11. The molecular formula is C28H36O12. The SMILES string of the molecule is C=C1CCC2C(C)(COC(=O)CCC(=O)O)C(OC(=O)CCC(=O)O)CCC2(C)C1/C=C/C(=C/C(=O)O)C(=O)O. The summed E-state index contributed by atoms with van der Waals surface area (Å²) in [5.74, 6) is -7.19. The molecule has 4 N–H and O–H groups in total. The lowest BCUT2D eigenvalue weighted by molar-refractivity contribution is -0.192.